The molecular weight excluding hydrogens is 647 g/mol. The number of aromatic nitrogens is 4. The van der Waals surface area contributed by atoms with Crippen LogP contribution in [0.5, 0.6) is 0 Å². The molecule has 0 aliphatic rings. The van der Waals surface area contributed by atoms with Crippen LogP contribution in [0.15, 0.2) is 164 Å². The molecule has 0 unspecified atom stereocenters. The zero-order chi connectivity index (χ0) is 35.2. The highest BCUT2D eigenvalue weighted by Crippen LogP contribution is 2.40. The standard InChI is InChI=1S/C46H30F2N4/c1-29-11-10-16-32(23-29)33-20-22-42-40(26-33)38-17-8-9-18-41(38)52(42)43-27-34(35-24-36(47)28-37(48)25-35)19-21-39(43)46-50-44(30-12-4-2-5-13-30)49-45(51-46)31-14-6-3-7-15-31/h2-28H,1H3. The molecule has 4 nitrogen and oxygen atoms in total. The highest BCUT2D eigenvalue weighted by molar-refractivity contribution is 6.11. The molecule has 0 radical (unpaired) electrons. The highest BCUT2D eigenvalue weighted by Gasteiger charge is 2.21. The fourth-order valence-corrected chi connectivity index (χ4v) is 6.97. The maximum Gasteiger partial charge on any atom is 0.166 e. The number of halogens is 2. The summed E-state index contributed by atoms with van der Waals surface area (Å²) in [5.74, 6) is 0.271. The molecule has 9 rings (SSSR count). The lowest BCUT2D eigenvalue weighted by Crippen LogP contribution is -2.04. The van der Waals surface area contributed by atoms with Crippen molar-refractivity contribution in [2.75, 3.05) is 0 Å². The molecule has 9 aromatic rings. The minimum absolute atomic E-state index is 0.429. The second-order valence-corrected chi connectivity index (χ2v) is 12.9. The molecule has 0 bridgehead atoms. The molecule has 0 saturated heterocycles. The van der Waals surface area contributed by atoms with Crippen LogP contribution < -0.4 is 0 Å². The van der Waals surface area contributed by atoms with Crippen LogP contribution in [0.25, 0.3) is 83.9 Å². The average Bonchev–Trinajstić information content (AvgIpc) is 3.51. The Kier molecular flexibility index (Phi) is 7.70. The zero-order valence-electron chi connectivity index (χ0n) is 28.1. The quantitative estimate of drug-likeness (QED) is 0.176. The van der Waals surface area contributed by atoms with Crippen molar-refractivity contribution in [2.45, 2.75) is 6.92 Å². The van der Waals surface area contributed by atoms with Crippen LogP contribution in [-0.4, -0.2) is 19.5 Å². The van der Waals surface area contributed by atoms with Gasteiger partial charge in [0.1, 0.15) is 11.6 Å². The van der Waals surface area contributed by atoms with E-state index in [1.165, 1.54) is 17.7 Å². The zero-order valence-corrected chi connectivity index (χ0v) is 28.1. The number of rotatable bonds is 6. The minimum atomic E-state index is -0.640. The van der Waals surface area contributed by atoms with Gasteiger partial charge in [0.25, 0.3) is 0 Å². The molecule has 248 valence electrons. The van der Waals surface area contributed by atoms with Crippen molar-refractivity contribution >= 4 is 21.8 Å². The van der Waals surface area contributed by atoms with E-state index in [1.54, 1.807) is 0 Å². The minimum Gasteiger partial charge on any atom is -0.308 e. The van der Waals surface area contributed by atoms with Gasteiger partial charge in [-0.15, -0.1) is 0 Å². The Morgan fingerprint density at radius 1 is 0.404 bits per heavy atom. The van der Waals surface area contributed by atoms with E-state index in [1.807, 2.05) is 91.0 Å². The van der Waals surface area contributed by atoms with Crippen molar-refractivity contribution in [3.8, 4) is 62.1 Å². The van der Waals surface area contributed by atoms with E-state index in [0.717, 1.165) is 61.4 Å². The molecular formula is C46H30F2N4. The molecule has 0 aliphatic heterocycles. The number of fused-ring (bicyclic) bond motifs is 3. The molecule has 0 spiro atoms. The van der Waals surface area contributed by atoms with Crippen LogP contribution in [0.1, 0.15) is 5.56 Å². The Balaban J connectivity index is 1.34. The van der Waals surface area contributed by atoms with Gasteiger partial charge < -0.3 is 4.57 Å². The lowest BCUT2D eigenvalue weighted by molar-refractivity contribution is 0.584. The lowest BCUT2D eigenvalue weighted by Gasteiger charge is -2.16. The lowest BCUT2D eigenvalue weighted by atomic mass is 10.0. The van der Waals surface area contributed by atoms with Crippen LogP contribution in [-0.2, 0) is 0 Å². The molecule has 0 amide bonds. The van der Waals surface area contributed by atoms with Gasteiger partial charge in [-0.1, -0.05) is 121 Å². The van der Waals surface area contributed by atoms with Gasteiger partial charge in [0.15, 0.2) is 17.5 Å². The summed E-state index contributed by atoms with van der Waals surface area (Å²) in [5, 5.41) is 2.15. The molecule has 0 N–H and O–H groups in total. The summed E-state index contributed by atoms with van der Waals surface area (Å²) in [5.41, 5.74) is 9.70. The number of aryl methyl sites for hydroxylation is 1. The molecule has 2 aromatic heterocycles. The highest BCUT2D eigenvalue weighted by atomic mass is 19.1. The summed E-state index contributed by atoms with van der Waals surface area (Å²) in [6.07, 6.45) is 0. The number of benzene rings is 7. The smallest absolute Gasteiger partial charge is 0.166 e. The SMILES string of the molecule is Cc1cccc(-c2ccc3c(c2)c2ccccc2n3-c2cc(-c3cc(F)cc(F)c3)ccc2-c2nc(-c3ccccc3)nc(-c3ccccc3)n2)c1. The van der Waals surface area contributed by atoms with Crippen LogP contribution in [0.4, 0.5) is 8.78 Å². The van der Waals surface area contributed by atoms with Gasteiger partial charge in [0.2, 0.25) is 0 Å². The molecule has 0 fully saturated rings. The maximum atomic E-state index is 14.6. The van der Waals surface area contributed by atoms with E-state index in [0.29, 0.717) is 28.6 Å². The Morgan fingerprint density at radius 2 is 0.962 bits per heavy atom. The summed E-state index contributed by atoms with van der Waals surface area (Å²) in [7, 11) is 0. The first kappa shape index (κ1) is 31.2. The normalized spacial score (nSPS) is 11.4. The second-order valence-electron chi connectivity index (χ2n) is 12.9. The van der Waals surface area contributed by atoms with Crippen LogP contribution in [0.2, 0.25) is 0 Å². The Morgan fingerprint density at radius 3 is 1.65 bits per heavy atom. The molecule has 2 heterocycles. The summed E-state index contributed by atoms with van der Waals surface area (Å²) in [4.78, 5) is 15.0. The third kappa shape index (κ3) is 5.70. The Labute approximate surface area is 299 Å². The van der Waals surface area contributed by atoms with E-state index >= 15 is 0 Å². The number of hydrogen-bond donors (Lipinski definition) is 0. The summed E-state index contributed by atoms with van der Waals surface area (Å²) in [6.45, 7) is 2.10. The van der Waals surface area contributed by atoms with Gasteiger partial charge in [-0.3, -0.25) is 0 Å². The largest absolute Gasteiger partial charge is 0.308 e. The number of para-hydroxylation sites is 1. The summed E-state index contributed by atoms with van der Waals surface area (Å²) >= 11 is 0. The van der Waals surface area contributed by atoms with Crippen molar-refractivity contribution in [1.82, 2.24) is 19.5 Å². The van der Waals surface area contributed by atoms with Gasteiger partial charge in [-0.25, -0.2) is 23.7 Å². The molecule has 6 heteroatoms. The first-order chi connectivity index (χ1) is 25.5. The van der Waals surface area contributed by atoms with Crippen LogP contribution in [0.3, 0.4) is 0 Å². The molecule has 0 aliphatic carbocycles. The van der Waals surface area contributed by atoms with Crippen molar-refractivity contribution < 1.29 is 8.78 Å². The van der Waals surface area contributed by atoms with Crippen molar-refractivity contribution in [3.63, 3.8) is 0 Å². The van der Waals surface area contributed by atoms with Gasteiger partial charge in [0, 0.05) is 33.5 Å². The van der Waals surface area contributed by atoms with Crippen LogP contribution >= 0.6 is 0 Å². The van der Waals surface area contributed by atoms with Gasteiger partial charge in [-0.05, 0) is 71.6 Å². The van der Waals surface area contributed by atoms with Gasteiger partial charge in [-0.2, -0.15) is 0 Å². The summed E-state index contributed by atoms with van der Waals surface area (Å²) in [6, 6.07) is 52.4. The topological polar surface area (TPSA) is 43.6 Å². The van der Waals surface area contributed by atoms with Gasteiger partial charge >= 0.3 is 0 Å². The third-order valence-corrected chi connectivity index (χ3v) is 9.40. The van der Waals surface area contributed by atoms with E-state index in [4.69, 9.17) is 15.0 Å². The predicted octanol–water partition coefficient (Wildman–Crippen LogP) is 11.9. The van der Waals surface area contributed by atoms with Crippen LogP contribution in [0, 0.1) is 18.6 Å². The van der Waals surface area contributed by atoms with E-state index in [9.17, 15) is 8.78 Å². The molecule has 0 atom stereocenters. The first-order valence-electron chi connectivity index (χ1n) is 17.1. The predicted molar refractivity (Wildman–Crippen MR) is 206 cm³/mol. The number of nitrogens with zero attached hydrogens (tertiary/aromatic N) is 4. The molecule has 0 saturated carbocycles. The third-order valence-electron chi connectivity index (χ3n) is 9.40. The summed E-state index contributed by atoms with van der Waals surface area (Å²) < 4.78 is 31.4. The van der Waals surface area contributed by atoms with Crippen molar-refractivity contribution in [1.29, 1.82) is 0 Å². The van der Waals surface area contributed by atoms with Gasteiger partial charge in [0.05, 0.1) is 16.7 Å². The fraction of sp³-hybridized carbons (Fsp3) is 0.0217. The maximum absolute atomic E-state index is 14.6. The fourth-order valence-electron chi connectivity index (χ4n) is 6.97. The second kappa shape index (κ2) is 12.8. The number of hydrogen-bond acceptors (Lipinski definition) is 3. The molecule has 7 aromatic carbocycles. The van der Waals surface area contributed by atoms with E-state index < -0.39 is 11.6 Å². The van der Waals surface area contributed by atoms with Crippen molar-refractivity contribution in [2.24, 2.45) is 0 Å². The van der Waals surface area contributed by atoms with E-state index in [2.05, 4.69) is 66.1 Å². The van der Waals surface area contributed by atoms with E-state index in [-0.39, 0.29) is 0 Å². The Bertz CT molecular complexity index is 2700. The first-order valence-corrected chi connectivity index (χ1v) is 17.1. The Hall–Kier alpha value is -6.79. The monoisotopic (exact) mass is 676 g/mol. The average molecular weight is 677 g/mol. The van der Waals surface area contributed by atoms with Crippen molar-refractivity contribution in [3.05, 3.63) is 181 Å². The molecule has 52 heavy (non-hydrogen) atoms.